The Morgan fingerprint density at radius 1 is 1.22 bits per heavy atom. The Kier molecular flexibility index (Phi) is 3.51. The maximum atomic E-state index is 12.4. The topological polar surface area (TPSA) is 130 Å². The van der Waals surface area contributed by atoms with Crippen molar-refractivity contribution >= 4 is 23.3 Å². The Labute approximate surface area is 130 Å². The number of rotatable bonds is 4. The molecule has 3 N–H and O–H groups in total. The fourth-order valence-corrected chi connectivity index (χ4v) is 3.47. The number of carboxylic acids is 1. The van der Waals surface area contributed by atoms with Crippen molar-refractivity contribution in [1.82, 2.24) is 0 Å². The lowest BCUT2D eigenvalue weighted by Crippen LogP contribution is -2.36. The van der Waals surface area contributed by atoms with Gasteiger partial charge >= 0.3 is 5.97 Å². The van der Waals surface area contributed by atoms with Crippen LogP contribution in [0.15, 0.2) is 30.4 Å². The zero-order chi connectivity index (χ0) is 16.7. The van der Waals surface area contributed by atoms with E-state index in [9.17, 15) is 29.9 Å². The summed E-state index contributed by atoms with van der Waals surface area (Å²) in [6.07, 6.45) is 4.31. The summed E-state index contributed by atoms with van der Waals surface area (Å²) >= 11 is 0. The quantitative estimate of drug-likeness (QED) is 0.336. The number of nitro groups is 1. The molecule has 0 unspecified atom stereocenters. The van der Waals surface area contributed by atoms with Gasteiger partial charge in [0.15, 0.2) is 0 Å². The number of carbonyl (C=O) groups excluding carboxylic acids is 1. The average molecular weight is 318 g/mol. The number of aliphatic carboxylic acids is 1. The monoisotopic (exact) mass is 318 g/mol. The molecule has 1 aromatic rings. The molecule has 23 heavy (non-hydrogen) atoms. The highest BCUT2D eigenvalue weighted by Gasteiger charge is 2.51. The number of hydrogen-bond donors (Lipinski definition) is 3. The van der Waals surface area contributed by atoms with Crippen LogP contribution in [0.3, 0.4) is 0 Å². The van der Waals surface area contributed by atoms with E-state index in [1.165, 1.54) is 6.07 Å². The van der Waals surface area contributed by atoms with Gasteiger partial charge < -0.3 is 15.5 Å². The van der Waals surface area contributed by atoms with Crippen molar-refractivity contribution in [2.75, 3.05) is 5.32 Å². The number of carboxylic acid groups (broad SMARTS) is 1. The molecule has 1 aromatic carbocycles. The zero-order valence-electron chi connectivity index (χ0n) is 11.9. The Hall–Kier alpha value is -2.90. The number of hydrogen-bond acceptors (Lipinski definition) is 5. The number of non-ortho nitro benzene ring substituents is 1. The molecule has 1 amide bonds. The third kappa shape index (κ3) is 2.52. The van der Waals surface area contributed by atoms with Crippen molar-refractivity contribution in [2.45, 2.75) is 6.42 Å². The fraction of sp³-hybridized carbons (Fsp3) is 0.333. The SMILES string of the molecule is O=C(O)[C@@H]1[C@@H](C(=O)Nc2ccc([N+](=O)[O-])cc2O)[C@H]2C=C[C@@H]1C2. The summed E-state index contributed by atoms with van der Waals surface area (Å²) in [5, 5.41) is 32.2. The van der Waals surface area contributed by atoms with Gasteiger partial charge in [-0.05, 0) is 24.3 Å². The van der Waals surface area contributed by atoms with Crippen LogP contribution >= 0.6 is 0 Å². The standard InChI is InChI=1S/C15H14N2O6/c18-11-6-9(17(22)23)3-4-10(11)16-14(19)12-7-1-2-8(5-7)13(12)15(20)21/h1-4,6-8,12-13,18H,5H2,(H,16,19)(H,20,21)/t7-,8+,12-,13-/m0/s1. The highest BCUT2D eigenvalue weighted by Crippen LogP contribution is 2.48. The van der Waals surface area contributed by atoms with Crippen LogP contribution in [-0.2, 0) is 9.59 Å². The molecule has 0 saturated heterocycles. The van der Waals surface area contributed by atoms with Gasteiger partial charge in [0, 0.05) is 6.07 Å². The van der Waals surface area contributed by atoms with E-state index in [0.29, 0.717) is 6.42 Å². The van der Waals surface area contributed by atoms with E-state index < -0.39 is 34.4 Å². The van der Waals surface area contributed by atoms with E-state index in [-0.39, 0.29) is 23.2 Å². The summed E-state index contributed by atoms with van der Waals surface area (Å²) in [4.78, 5) is 33.8. The number of fused-ring (bicyclic) bond motifs is 2. The third-order valence-corrected chi connectivity index (χ3v) is 4.50. The summed E-state index contributed by atoms with van der Waals surface area (Å²) in [6, 6.07) is 3.32. The second-order valence-electron chi connectivity index (χ2n) is 5.79. The molecule has 0 aliphatic heterocycles. The minimum absolute atomic E-state index is 0.0245. The normalized spacial score (nSPS) is 27.8. The summed E-state index contributed by atoms with van der Waals surface area (Å²) < 4.78 is 0. The number of amides is 1. The van der Waals surface area contributed by atoms with Crippen LogP contribution in [0.4, 0.5) is 11.4 Å². The van der Waals surface area contributed by atoms with E-state index in [4.69, 9.17) is 0 Å². The molecule has 3 rings (SSSR count). The first-order valence-corrected chi connectivity index (χ1v) is 7.08. The van der Waals surface area contributed by atoms with Crippen molar-refractivity contribution in [2.24, 2.45) is 23.7 Å². The highest BCUT2D eigenvalue weighted by atomic mass is 16.6. The van der Waals surface area contributed by atoms with Gasteiger partial charge in [-0.1, -0.05) is 12.2 Å². The summed E-state index contributed by atoms with van der Waals surface area (Å²) in [7, 11) is 0. The summed E-state index contributed by atoms with van der Waals surface area (Å²) in [6.45, 7) is 0. The van der Waals surface area contributed by atoms with Gasteiger partial charge in [0.1, 0.15) is 5.75 Å². The van der Waals surface area contributed by atoms with Gasteiger partial charge in [-0.2, -0.15) is 0 Å². The van der Waals surface area contributed by atoms with Gasteiger partial charge in [0.05, 0.1) is 28.5 Å². The summed E-state index contributed by atoms with van der Waals surface area (Å²) in [5.41, 5.74) is -0.275. The van der Waals surface area contributed by atoms with Crippen LogP contribution in [0.5, 0.6) is 5.75 Å². The molecule has 2 aliphatic rings. The molecular formula is C15H14N2O6. The van der Waals surface area contributed by atoms with Crippen LogP contribution in [0.25, 0.3) is 0 Å². The Bertz CT molecular complexity index is 729. The number of phenols is 1. The molecule has 2 aliphatic carbocycles. The first kappa shape index (κ1) is 15.0. The molecule has 1 saturated carbocycles. The van der Waals surface area contributed by atoms with Crippen LogP contribution < -0.4 is 5.32 Å². The Morgan fingerprint density at radius 2 is 1.87 bits per heavy atom. The minimum atomic E-state index is -1.02. The first-order valence-electron chi connectivity index (χ1n) is 7.08. The highest BCUT2D eigenvalue weighted by molar-refractivity contribution is 5.97. The largest absolute Gasteiger partial charge is 0.506 e. The molecule has 4 atom stereocenters. The lowest BCUT2D eigenvalue weighted by Gasteiger charge is -2.24. The fourth-order valence-electron chi connectivity index (χ4n) is 3.47. The van der Waals surface area contributed by atoms with Crippen LogP contribution in [0, 0.1) is 33.8 Å². The van der Waals surface area contributed by atoms with Gasteiger partial charge in [0.25, 0.3) is 5.69 Å². The second-order valence-corrected chi connectivity index (χ2v) is 5.79. The molecule has 1 fully saturated rings. The number of benzene rings is 1. The zero-order valence-corrected chi connectivity index (χ0v) is 11.9. The molecule has 0 aromatic heterocycles. The van der Waals surface area contributed by atoms with Crippen molar-refractivity contribution in [1.29, 1.82) is 0 Å². The number of phenolic OH excluding ortho intramolecular Hbond substituents is 1. The Balaban J connectivity index is 1.81. The van der Waals surface area contributed by atoms with E-state index in [1.54, 1.807) is 0 Å². The summed E-state index contributed by atoms with van der Waals surface area (Å²) in [5.74, 6) is -3.74. The van der Waals surface area contributed by atoms with Gasteiger partial charge in [-0.25, -0.2) is 0 Å². The lowest BCUT2D eigenvalue weighted by molar-refractivity contribution is -0.384. The maximum absolute atomic E-state index is 12.4. The van der Waals surface area contributed by atoms with E-state index >= 15 is 0 Å². The molecule has 0 heterocycles. The predicted molar refractivity (Wildman–Crippen MR) is 78.7 cm³/mol. The number of allylic oxidation sites excluding steroid dienone is 2. The van der Waals surface area contributed by atoms with Crippen molar-refractivity contribution in [3.8, 4) is 5.75 Å². The number of anilines is 1. The van der Waals surface area contributed by atoms with Crippen molar-refractivity contribution in [3.63, 3.8) is 0 Å². The first-order chi connectivity index (χ1) is 10.9. The van der Waals surface area contributed by atoms with E-state index in [2.05, 4.69) is 5.32 Å². The van der Waals surface area contributed by atoms with Gasteiger partial charge in [-0.15, -0.1) is 0 Å². The molecule has 8 heteroatoms. The smallest absolute Gasteiger partial charge is 0.307 e. The second kappa shape index (κ2) is 5.38. The van der Waals surface area contributed by atoms with Crippen LogP contribution in [0.1, 0.15) is 6.42 Å². The predicted octanol–water partition coefficient (Wildman–Crippen LogP) is 1.76. The number of carbonyl (C=O) groups is 2. The number of nitrogens with one attached hydrogen (secondary N) is 1. The van der Waals surface area contributed by atoms with Crippen molar-refractivity contribution in [3.05, 3.63) is 40.5 Å². The van der Waals surface area contributed by atoms with Crippen LogP contribution in [0.2, 0.25) is 0 Å². The number of nitro benzene ring substituents is 1. The van der Waals surface area contributed by atoms with Crippen LogP contribution in [-0.4, -0.2) is 27.0 Å². The van der Waals surface area contributed by atoms with Crippen molar-refractivity contribution < 1.29 is 24.7 Å². The minimum Gasteiger partial charge on any atom is -0.506 e. The maximum Gasteiger partial charge on any atom is 0.307 e. The average Bonchev–Trinajstić information content (AvgIpc) is 3.09. The molecular weight excluding hydrogens is 304 g/mol. The third-order valence-electron chi connectivity index (χ3n) is 4.50. The molecule has 8 nitrogen and oxygen atoms in total. The van der Waals surface area contributed by atoms with Gasteiger partial charge in [-0.3, -0.25) is 19.7 Å². The van der Waals surface area contributed by atoms with E-state index in [1.807, 2.05) is 12.2 Å². The number of nitrogens with zero attached hydrogens (tertiary/aromatic N) is 1. The molecule has 2 bridgehead atoms. The molecule has 120 valence electrons. The molecule has 0 spiro atoms. The number of aromatic hydroxyl groups is 1. The van der Waals surface area contributed by atoms with E-state index in [0.717, 1.165) is 12.1 Å². The Morgan fingerprint density at radius 3 is 2.43 bits per heavy atom. The molecule has 0 radical (unpaired) electrons. The van der Waals surface area contributed by atoms with Gasteiger partial charge in [0.2, 0.25) is 5.91 Å². The lowest BCUT2D eigenvalue weighted by atomic mass is 9.82.